The van der Waals surface area contributed by atoms with Crippen molar-refractivity contribution >= 4 is 11.3 Å². The summed E-state index contributed by atoms with van der Waals surface area (Å²) < 4.78 is 0. The number of nitrogens with one attached hydrogen (secondary N) is 1. The molecular formula is C8H8N2S. The van der Waals surface area contributed by atoms with Gasteiger partial charge in [-0.2, -0.15) is 5.10 Å². The number of hydrogen-bond donors (Lipinski definition) is 1. The normalized spacial score (nSPS) is 10.3. The second-order valence-corrected chi connectivity index (χ2v) is 3.36. The molecule has 0 aliphatic heterocycles. The Hall–Kier alpha value is -1.09. The van der Waals surface area contributed by atoms with Crippen molar-refractivity contribution in [3.8, 4) is 10.6 Å². The molecule has 0 atom stereocenters. The summed E-state index contributed by atoms with van der Waals surface area (Å²) in [5.41, 5.74) is 2.14. The van der Waals surface area contributed by atoms with Crippen molar-refractivity contribution in [3.63, 3.8) is 0 Å². The number of nitrogens with zero attached hydrogens (tertiary/aromatic N) is 1. The van der Waals surface area contributed by atoms with Crippen LogP contribution in [0.1, 0.15) is 5.69 Å². The van der Waals surface area contributed by atoms with Crippen LogP contribution in [0.2, 0.25) is 0 Å². The average molecular weight is 164 g/mol. The summed E-state index contributed by atoms with van der Waals surface area (Å²) in [5, 5.41) is 9.11. The molecule has 0 aliphatic rings. The largest absolute Gasteiger partial charge is 0.282 e. The van der Waals surface area contributed by atoms with Gasteiger partial charge < -0.3 is 0 Å². The standard InChI is InChI=1S/C8H8N2S/c1-6-5-7(10-9-6)8-3-2-4-11-8/h2-5H,1H3,(H,9,10). The van der Waals surface area contributed by atoms with Crippen molar-refractivity contribution in [3.05, 3.63) is 29.3 Å². The monoisotopic (exact) mass is 164 g/mol. The first-order chi connectivity index (χ1) is 5.36. The summed E-state index contributed by atoms with van der Waals surface area (Å²) in [4.78, 5) is 1.22. The highest BCUT2D eigenvalue weighted by molar-refractivity contribution is 7.13. The lowest BCUT2D eigenvalue weighted by molar-refractivity contribution is 1.05. The zero-order chi connectivity index (χ0) is 7.68. The van der Waals surface area contributed by atoms with Crippen LogP contribution in [0.5, 0.6) is 0 Å². The van der Waals surface area contributed by atoms with Crippen LogP contribution in [-0.2, 0) is 0 Å². The van der Waals surface area contributed by atoms with E-state index >= 15 is 0 Å². The van der Waals surface area contributed by atoms with Crippen molar-refractivity contribution in [2.24, 2.45) is 0 Å². The number of rotatable bonds is 1. The minimum atomic E-state index is 1.04. The number of hydrogen-bond acceptors (Lipinski definition) is 2. The number of aromatic nitrogens is 2. The van der Waals surface area contributed by atoms with E-state index in [1.54, 1.807) is 11.3 Å². The molecule has 1 N–H and O–H groups in total. The van der Waals surface area contributed by atoms with Gasteiger partial charge >= 0.3 is 0 Å². The third-order valence-electron chi connectivity index (χ3n) is 1.48. The van der Waals surface area contributed by atoms with Crippen LogP contribution in [0.4, 0.5) is 0 Å². The predicted octanol–water partition coefficient (Wildman–Crippen LogP) is 2.45. The summed E-state index contributed by atoms with van der Waals surface area (Å²) >= 11 is 1.71. The Labute approximate surface area is 68.9 Å². The van der Waals surface area contributed by atoms with Gasteiger partial charge in [-0.05, 0) is 24.4 Å². The van der Waals surface area contributed by atoms with Crippen molar-refractivity contribution in [1.82, 2.24) is 10.2 Å². The van der Waals surface area contributed by atoms with E-state index < -0.39 is 0 Å². The third kappa shape index (κ3) is 1.19. The SMILES string of the molecule is Cc1cc(-c2cccs2)n[nH]1. The molecule has 2 aromatic heterocycles. The number of H-pyrrole nitrogens is 1. The van der Waals surface area contributed by atoms with Gasteiger partial charge in [-0.3, -0.25) is 5.10 Å². The molecule has 11 heavy (non-hydrogen) atoms. The molecule has 0 saturated carbocycles. The molecule has 0 saturated heterocycles. The van der Waals surface area contributed by atoms with Gasteiger partial charge in [-0.25, -0.2) is 0 Å². The molecule has 0 aromatic carbocycles. The topological polar surface area (TPSA) is 28.7 Å². The first kappa shape index (κ1) is 6.61. The highest BCUT2D eigenvalue weighted by Gasteiger charge is 2.00. The highest BCUT2D eigenvalue weighted by atomic mass is 32.1. The molecule has 0 bridgehead atoms. The molecule has 0 radical (unpaired) electrons. The average Bonchev–Trinajstić information content (AvgIpc) is 2.55. The maximum Gasteiger partial charge on any atom is 0.102 e. The Bertz CT molecular complexity index is 335. The second-order valence-electron chi connectivity index (χ2n) is 2.41. The van der Waals surface area contributed by atoms with Crippen molar-refractivity contribution in [2.75, 3.05) is 0 Å². The van der Waals surface area contributed by atoms with Gasteiger partial charge in [-0.15, -0.1) is 11.3 Å². The van der Waals surface area contributed by atoms with E-state index in [-0.39, 0.29) is 0 Å². The number of aryl methyl sites for hydroxylation is 1. The van der Waals surface area contributed by atoms with E-state index in [4.69, 9.17) is 0 Å². The third-order valence-corrected chi connectivity index (χ3v) is 2.37. The van der Waals surface area contributed by atoms with Crippen LogP contribution in [0.15, 0.2) is 23.6 Å². The summed E-state index contributed by atoms with van der Waals surface area (Å²) in [6.45, 7) is 2.00. The van der Waals surface area contributed by atoms with Crippen molar-refractivity contribution in [1.29, 1.82) is 0 Å². The molecule has 0 unspecified atom stereocenters. The number of thiophene rings is 1. The lowest BCUT2D eigenvalue weighted by atomic mass is 10.3. The fourth-order valence-electron chi connectivity index (χ4n) is 0.969. The fraction of sp³-hybridized carbons (Fsp3) is 0.125. The van der Waals surface area contributed by atoms with Crippen LogP contribution in [0.3, 0.4) is 0 Å². The Morgan fingerprint density at radius 1 is 1.55 bits per heavy atom. The molecule has 0 spiro atoms. The van der Waals surface area contributed by atoms with E-state index in [1.807, 2.05) is 19.1 Å². The molecule has 0 fully saturated rings. The lowest BCUT2D eigenvalue weighted by Gasteiger charge is -1.83. The van der Waals surface area contributed by atoms with Gasteiger partial charge in [-0.1, -0.05) is 6.07 Å². The molecule has 2 rings (SSSR count). The first-order valence-electron chi connectivity index (χ1n) is 3.42. The zero-order valence-corrected chi connectivity index (χ0v) is 6.98. The molecule has 3 heteroatoms. The van der Waals surface area contributed by atoms with Gasteiger partial charge in [0.05, 0.1) is 4.88 Å². The quantitative estimate of drug-likeness (QED) is 0.689. The zero-order valence-electron chi connectivity index (χ0n) is 6.16. The van der Waals surface area contributed by atoms with Crippen LogP contribution < -0.4 is 0 Å². The van der Waals surface area contributed by atoms with Gasteiger partial charge in [0.1, 0.15) is 5.69 Å². The summed E-state index contributed by atoms with van der Waals surface area (Å²) in [5.74, 6) is 0. The van der Waals surface area contributed by atoms with E-state index in [0.29, 0.717) is 0 Å². The van der Waals surface area contributed by atoms with Gasteiger partial charge in [0.2, 0.25) is 0 Å². The summed E-state index contributed by atoms with van der Waals surface area (Å²) in [6, 6.07) is 6.15. The second kappa shape index (κ2) is 2.51. The first-order valence-corrected chi connectivity index (χ1v) is 4.30. The Kier molecular flexibility index (Phi) is 1.51. The highest BCUT2D eigenvalue weighted by Crippen LogP contribution is 2.22. The Morgan fingerprint density at radius 3 is 3.00 bits per heavy atom. The molecule has 56 valence electrons. The van der Waals surface area contributed by atoms with Crippen LogP contribution in [0.25, 0.3) is 10.6 Å². The van der Waals surface area contributed by atoms with Gasteiger partial charge in [0.25, 0.3) is 0 Å². The van der Waals surface area contributed by atoms with Crippen LogP contribution in [0, 0.1) is 6.92 Å². The van der Waals surface area contributed by atoms with Gasteiger partial charge in [0, 0.05) is 5.69 Å². The molecule has 0 amide bonds. The van der Waals surface area contributed by atoms with E-state index in [1.165, 1.54) is 4.88 Å². The smallest absolute Gasteiger partial charge is 0.102 e. The molecule has 0 aliphatic carbocycles. The predicted molar refractivity (Wildman–Crippen MR) is 46.6 cm³/mol. The fourth-order valence-corrected chi connectivity index (χ4v) is 1.65. The molecule has 2 heterocycles. The maximum absolute atomic E-state index is 4.14. The van der Waals surface area contributed by atoms with Crippen molar-refractivity contribution < 1.29 is 0 Å². The number of aromatic amines is 1. The van der Waals surface area contributed by atoms with Crippen LogP contribution >= 0.6 is 11.3 Å². The molecular weight excluding hydrogens is 156 g/mol. The Balaban J connectivity index is 2.45. The minimum absolute atomic E-state index is 1.04. The lowest BCUT2D eigenvalue weighted by Crippen LogP contribution is -1.70. The Morgan fingerprint density at radius 2 is 2.45 bits per heavy atom. The molecule has 2 nitrogen and oxygen atoms in total. The van der Waals surface area contributed by atoms with E-state index in [2.05, 4.69) is 21.6 Å². The minimum Gasteiger partial charge on any atom is -0.282 e. The summed E-state index contributed by atoms with van der Waals surface area (Å²) in [7, 11) is 0. The van der Waals surface area contributed by atoms with Crippen molar-refractivity contribution in [2.45, 2.75) is 6.92 Å². The van der Waals surface area contributed by atoms with Gasteiger partial charge in [0.15, 0.2) is 0 Å². The maximum atomic E-state index is 4.14. The van der Waals surface area contributed by atoms with Crippen LogP contribution in [-0.4, -0.2) is 10.2 Å². The molecule has 2 aromatic rings. The summed E-state index contributed by atoms with van der Waals surface area (Å²) in [6.07, 6.45) is 0. The van der Waals surface area contributed by atoms with E-state index in [0.717, 1.165) is 11.4 Å². The van der Waals surface area contributed by atoms with E-state index in [9.17, 15) is 0 Å².